The minimum absolute atomic E-state index is 0.0144. The number of aromatic nitrogens is 1. The number of aromatic carboxylic acids is 1. The fourth-order valence-corrected chi connectivity index (χ4v) is 4.89. The molecule has 2 heterocycles. The Bertz CT molecular complexity index is 1000. The molecule has 1 aromatic heterocycles. The van der Waals surface area contributed by atoms with Crippen molar-refractivity contribution in [1.82, 2.24) is 9.29 Å². The van der Waals surface area contributed by atoms with Crippen molar-refractivity contribution < 1.29 is 23.1 Å². The second kappa shape index (κ2) is 8.26. The number of pyridine rings is 1. The number of anilines is 1. The van der Waals surface area contributed by atoms with Crippen LogP contribution in [0.5, 0.6) is 0 Å². The first kappa shape index (κ1) is 20.2. The van der Waals surface area contributed by atoms with Crippen molar-refractivity contribution in [3.05, 3.63) is 52.7 Å². The molecule has 0 unspecified atom stereocenters. The third-order valence-corrected chi connectivity index (χ3v) is 6.76. The van der Waals surface area contributed by atoms with Crippen LogP contribution in [0.25, 0.3) is 0 Å². The summed E-state index contributed by atoms with van der Waals surface area (Å²) < 4.78 is 27.1. The smallest absolute Gasteiger partial charge is 0.337 e. The van der Waals surface area contributed by atoms with Gasteiger partial charge in [0.2, 0.25) is 10.0 Å². The summed E-state index contributed by atoms with van der Waals surface area (Å²) in [7, 11) is -3.80. The van der Waals surface area contributed by atoms with Gasteiger partial charge in [0, 0.05) is 24.8 Å². The third-order valence-electron chi connectivity index (χ3n) is 4.38. The van der Waals surface area contributed by atoms with Gasteiger partial charge in [0.15, 0.2) is 0 Å². The van der Waals surface area contributed by atoms with Crippen LogP contribution >= 0.6 is 11.6 Å². The van der Waals surface area contributed by atoms with E-state index in [0.29, 0.717) is 13.1 Å². The van der Waals surface area contributed by atoms with Crippen LogP contribution in [0.1, 0.15) is 40.0 Å². The van der Waals surface area contributed by atoms with Gasteiger partial charge in [-0.3, -0.25) is 4.79 Å². The fraction of sp³-hybridized carbons (Fsp3) is 0.278. The number of halogens is 1. The molecule has 0 spiro atoms. The van der Waals surface area contributed by atoms with Gasteiger partial charge in [-0.05, 0) is 43.2 Å². The third kappa shape index (κ3) is 4.32. The molecule has 0 bridgehead atoms. The molecule has 1 aliphatic rings. The number of nitrogens with zero attached hydrogens (tertiary/aromatic N) is 2. The maximum atomic E-state index is 12.9. The molecule has 148 valence electrons. The van der Waals surface area contributed by atoms with Crippen molar-refractivity contribution in [3.8, 4) is 0 Å². The van der Waals surface area contributed by atoms with E-state index in [4.69, 9.17) is 16.7 Å². The second-order valence-corrected chi connectivity index (χ2v) is 8.61. The molecule has 1 aromatic carbocycles. The molecule has 28 heavy (non-hydrogen) atoms. The van der Waals surface area contributed by atoms with Gasteiger partial charge in [0.25, 0.3) is 5.91 Å². The Labute approximate surface area is 167 Å². The number of carbonyl (C=O) groups excluding carboxylic acids is 1. The van der Waals surface area contributed by atoms with E-state index in [9.17, 15) is 18.0 Å². The number of hydrogen-bond donors (Lipinski definition) is 2. The molecule has 2 aromatic rings. The molecule has 0 atom stereocenters. The lowest BCUT2D eigenvalue weighted by Crippen LogP contribution is -2.35. The Hall–Kier alpha value is -2.49. The summed E-state index contributed by atoms with van der Waals surface area (Å²) in [6.45, 7) is 0.851. The van der Waals surface area contributed by atoms with Crippen LogP contribution in [0, 0.1) is 0 Å². The lowest BCUT2D eigenvalue weighted by molar-refractivity contribution is 0.0696. The van der Waals surface area contributed by atoms with Gasteiger partial charge < -0.3 is 10.4 Å². The molecule has 1 amide bonds. The van der Waals surface area contributed by atoms with E-state index in [0.717, 1.165) is 25.5 Å². The molecular weight excluding hydrogens is 406 g/mol. The zero-order valence-electron chi connectivity index (χ0n) is 14.8. The summed E-state index contributed by atoms with van der Waals surface area (Å²) >= 11 is 6.11. The number of piperidine rings is 1. The van der Waals surface area contributed by atoms with E-state index in [2.05, 4.69) is 10.3 Å². The zero-order chi connectivity index (χ0) is 20.3. The molecule has 0 aliphatic carbocycles. The van der Waals surface area contributed by atoms with Gasteiger partial charge in [0.1, 0.15) is 10.7 Å². The van der Waals surface area contributed by atoms with Crippen molar-refractivity contribution in [2.45, 2.75) is 24.2 Å². The average molecular weight is 424 g/mol. The van der Waals surface area contributed by atoms with Crippen molar-refractivity contribution in [2.75, 3.05) is 18.4 Å². The normalized spacial score (nSPS) is 15.2. The van der Waals surface area contributed by atoms with Crippen LogP contribution in [0.3, 0.4) is 0 Å². The van der Waals surface area contributed by atoms with Gasteiger partial charge >= 0.3 is 5.97 Å². The van der Waals surface area contributed by atoms with Gasteiger partial charge in [-0.25, -0.2) is 18.2 Å². The Morgan fingerprint density at radius 3 is 2.36 bits per heavy atom. The number of hydrogen-bond acceptors (Lipinski definition) is 5. The van der Waals surface area contributed by atoms with Gasteiger partial charge in [-0.2, -0.15) is 4.31 Å². The summed E-state index contributed by atoms with van der Waals surface area (Å²) in [6.07, 6.45) is 3.67. The quantitative estimate of drug-likeness (QED) is 0.763. The standard InChI is InChI=1S/C18H18ClN3O5S/c19-14-6-4-12(10-15(14)28(26,27)22-8-2-1-3-9-22)17(23)21-16-7-5-13(11-20-16)18(24)25/h4-7,10-11H,1-3,8-9H2,(H,24,25)(H,20,21,23). The van der Waals surface area contributed by atoms with Crippen molar-refractivity contribution in [3.63, 3.8) is 0 Å². The zero-order valence-corrected chi connectivity index (χ0v) is 16.3. The average Bonchev–Trinajstić information content (AvgIpc) is 2.69. The topological polar surface area (TPSA) is 117 Å². The molecule has 1 fully saturated rings. The summed E-state index contributed by atoms with van der Waals surface area (Å²) in [5.74, 6) is -1.57. The highest BCUT2D eigenvalue weighted by Crippen LogP contribution is 2.28. The van der Waals surface area contributed by atoms with Crippen LogP contribution in [-0.4, -0.2) is 47.8 Å². The number of carboxylic acid groups (broad SMARTS) is 1. The number of benzene rings is 1. The molecule has 1 saturated heterocycles. The van der Waals surface area contributed by atoms with Crippen LogP contribution < -0.4 is 5.32 Å². The second-order valence-electron chi connectivity index (χ2n) is 6.30. The largest absolute Gasteiger partial charge is 0.478 e. The Kier molecular flexibility index (Phi) is 5.97. The van der Waals surface area contributed by atoms with E-state index in [1.807, 2.05) is 0 Å². The molecule has 3 rings (SSSR count). The van der Waals surface area contributed by atoms with E-state index in [-0.39, 0.29) is 26.9 Å². The fourth-order valence-electron chi connectivity index (χ4n) is 2.87. The van der Waals surface area contributed by atoms with E-state index in [1.54, 1.807) is 0 Å². The summed E-state index contributed by atoms with van der Waals surface area (Å²) in [6, 6.07) is 6.68. The number of carboxylic acids is 1. The molecule has 8 nitrogen and oxygen atoms in total. The van der Waals surface area contributed by atoms with E-state index < -0.39 is 21.9 Å². The lowest BCUT2D eigenvalue weighted by Gasteiger charge is -2.26. The summed E-state index contributed by atoms with van der Waals surface area (Å²) in [4.78, 5) is 27.1. The Morgan fingerprint density at radius 2 is 1.75 bits per heavy atom. The highest BCUT2D eigenvalue weighted by molar-refractivity contribution is 7.89. The van der Waals surface area contributed by atoms with Gasteiger partial charge in [-0.1, -0.05) is 18.0 Å². The van der Waals surface area contributed by atoms with Crippen LogP contribution in [0.15, 0.2) is 41.4 Å². The van der Waals surface area contributed by atoms with E-state index >= 15 is 0 Å². The number of rotatable bonds is 5. The highest BCUT2D eigenvalue weighted by atomic mass is 35.5. The molecule has 0 radical (unpaired) electrons. The molecule has 10 heteroatoms. The minimum Gasteiger partial charge on any atom is -0.478 e. The first-order chi connectivity index (χ1) is 13.3. The Balaban J connectivity index is 1.83. The maximum absolute atomic E-state index is 12.9. The number of sulfonamides is 1. The van der Waals surface area contributed by atoms with Gasteiger partial charge in [-0.15, -0.1) is 0 Å². The van der Waals surface area contributed by atoms with Crippen LogP contribution in [0.4, 0.5) is 5.82 Å². The monoisotopic (exact) mass is 423 g/mol. The first-order valence-corrected chi connectivity index (χ1v) is 10.4. The van der Waals surface area contributed by atoms with Crippen molar-refractivity contribution >= 4 is 39.3 Å². The van der Waals surface area contributed by atoms with E-state index in [1.165, 1.54) is 34.6 Å². The van der Waals surface area contributed by atoms with Crippen LogP contribution in [0.2, 0.25) is 5.02 Å². The SMILES string of the molecule is O=C(O)c1ccc(NC(=O)c2ccc(Cl)c(S(=O)(=O)N3CCCCC3)c2)nc1. The molecule has 2 N–H and O–H groups in total. The predicted octanol–water partition coefficient (Wildman–Crippen LogP) is 2.86. The molecule has 1 aliphatic heterocycles. The van der Waals surface area contributed by atoms with Crippen molar-refractivity contribution in [1.29, 1.82) is 0 Å². The Morgan fingerprint density at radius 1 is 1.07 bits per heavy atom. The highest BCUT2D eigenvalue weighted by Gasteiger charge is 2.28. The van der Waals surface area contributed by atoms with Crippen LogP contribution in [-0.2, 0) is 10.0 Å². The number of amides is 1. The summed E-state index contributed by atoms with van der Waals surface area (Å²) in [5, 5.41) is 11.4. The van der Waals surface area contributed by atoms with Crippen molar-refractivity contribution in [2.24, 2.45) is 0 Å². The molecular formula is C18H18ClN3O5S. The lowest BCUT2D eigenvalue weighted by atomic mass is 10.2. The van der Waals surface area contributed by atoms with Gasteiger partial charge in [0.05, 0.1) is 10.6 Å². The maximum Gasteiger partial charge on any atom is 0.337 e. The number of carbonyl (C=O) groups is 2. The molecule has 0 saturated carbocycles. The first-order valence-electron chi connectivity index (χ1n) is 8.59. The number of nitrogens with one attached hydrogen (secondary N) is 1. The summed E-state index contributed by atoms with van der Waals surface area (Å²) in [5.41, 5.74) is 0.0866. The minimum atomic E-state index is -3.80. The predicted molar refractivity (Wildman–Crippen MR) is 103 cm³/mol.